The number of halogens is 1. The molecule has 104 valence electrons. The van der Waals surface area contributed by atoms with Crippen LogP contribution in [0.1, 0.15) is 31.7 Å². The average molecular weight is 274 g/mol. The van der Waals surface area contributed by atoms with Gasteiger partial charge in [-0.3, -0.25) is 4.68 Å². The molecule has 0 saturated heterocycles. The highest BCUT2D eigenvalue weighted by molar-refractivity contribution is 6.31. The van der Waals surface area contributed by atoms with Gasteiger partial charge in [-0.25, -0.2) is 0 Å². The van der Waals surface area contributed by atoms with Gasteiger partial charge in [0.05, 0.1) is 23.0 Å². The topological polar surface area (TPSA) is 39.1 Å². The molecule has 0 fully saturated rings. The van der Waals surface area contributed by atoms with Crippen LogP contribution in [-0.4, -0.2) is 36.6 Å². The molecular formula is C13H24ClN3O. The fourth-order valence-corrected chi connectivity index (χ4v) is 2.44. The molecule has 0 aliphatic rings. The van der Waals surface area contributed by atoms with Gasteiger partial charge in [-0.15, -0.1) is 0 Å². The first-order chi connectivity index (χ1) is 8.67. The van der Waals surface area contributed by atoms with Crippen LogP contribution in [0, 0.1) is 0 Å². The fourth-order valence-electron chi connectivity index (χ4n) is 2.08. The molecular weight excluding hydrogens is 250 g/mol. The Hall–Kier alpha value is -0.580. The summed E-state index contributed by atoms with van der Waals surface area (Å²) >= 11 is 6.38. The molecule has 5 heteroatoms. The predicted octanol–water partition coefficient (Wildman–Crippen LogP) is 2.29. The maximum Gasteiger partial charge on any atom is 0.0849 e. The van der Waals surface area contributed by atoms with Crippen molar-refractivity contribution >= 4 is 11.6 Å². The normalized spacial score (nSPS) is 12.9. The first-order valence-electron chi connectivity index (χ1n) is 6.58. The van der Waals surface area contributed by atoms with Gasteiger partial charge in [-0.2, -0.15) is 5.10 Å². The summed E-state index contributed by atoms with van der Waals surface area (Å²) in [4.78, 5) is 0. The van der Waals surface area contributed by atoms with E-state index in [2.05, 4.69) is 24.3 Å². The van der Waals surface area contributed by atoms with Gasteiger partial charge in [-0.1, -0.05) is 18.5 Å². The van der Waals surface area contributed by atoms with Gasteiger partial charge in [-0.05, 0) is 33.2 Å². The van der Waals surface area contributed by atoms with Gasteiger partial charge in [0.25, 0.3) is 0 Å². The standard InChI is InChI=1S/C13H24ClN3O/c1-5-11-13(14)12(17(6-2)16-11)8-7-10(15-3)9-18-4/h10,15H,5-9H2,1-4H3. The second kappa shape index (κ2) is 7.77. The highest BCUT2D eigenvalue weighted by Gasteiger charge is 2.15. The maximum atomic E-state index is 6.38. The zero-order valence-corrected chi connectivity index (χ0v) is 12.5. The molecule has 4 nitrogen and oxygen atoms in total. The van der Waals surface area contributed by atoms with Crippen molar-refractivity contribution in [2.24, 2.45) is 0 Å². The summed E-state index contributed by atoms with van der Waals surface area (Å²) in [7, 11) is 3.68. The molecule has 1 rings (SSSR count). The van der Waals surface area contributed by atoms with Gasteiger partial charge in [0.15, 0.2) is 0 Å². The first-order valence-corrected chi connectivity index (χ1v) is 6.95. The SMILES string of the molecule is CCc1nn(CC)c(CCC(COC)NC)c1Cl. The maximum absolute atomic E-state index is 6.38. The minimum Gasteiger partial charge on any atom is -0.383 e. The molecule has 1 atom stereocenters. The Balaban J connectivity index is 2.73. The number of ether oxygens (including phenoxy) is 1. The molecule has 0 amide bonds. The molecule has 0 aliphatic carbocycles. The van der Waals surface area contributed by atoms with Crippen LogP contribution >= 0.6 is 11.6 Å². The molecule has 18 heavy (non-hydrogen) atoms. The van der Waals surface area contributed by atoms with Crippen LogP contribution in [0.3, 0.4) is 0 Å². The number of rotatable bonds is 8. The lowest BCUT2D eigenvalue weighted by atomic mass is 10.1. The van der Waals surface area contributed by atoms with Crippen molar-refractivity contribution in [2.75, 3.05) is 20.8 Å². The van der Waals surface area contributed by atoms with Crippen molar-refractivity contribution in [3.8, 4) is 0 Å². The van der Waals surface area contributed by atoms with E-state index in [1.165, 1.54) is 0 Å². The largest absolute Gasteiger partial charge is 0.383 e. The summed E-state index contributed by atoms with van der Waals surface area (Å²) in [5.41, 5.74) is 2.15. The number of likely N-dealkylation sites (N-methyl/N-ethyl adjacent to an activating group) is 1. The minimum absolute atomic E-state index is 0.358. The highest BCUT2D eigenvalue weighted by atomic mass is 35.5. The molecule has 1 unspecified atom stereocenters. The van der Waals surface area contributed by atoms with E-state index >= 15 is 0 Å². The van der Waals surface area contributed by atoms with Crippen molar-refractivity contribution in [3.05, 3.63) is 16.4 Å². The molecule has 1 N–H and O–H groups in total. The highest BCUT2D eigenvalue weighted by Crippen LogP contribution is 2.23. The Morgan fingerprint density at radius 2 is 2.17 bits per heavy atom. The van der Waals surface area contributed by atoms with Crippen molar-refractivity contribution in [1.82, 2.24) is 15.1 Å². The van der Waals surface area contributed by atoms with E-state index in [0.717, 1.165) is 48.8 Å². The Morgan fingerprint density at radius 3 is 2.67 bits per heavy atom. The van der Waals surface area contributed by atoms with E-state index in [9.17, 15) is 0 Å². The molecule has 1 heterocycles. The third kappa shape index (κ3) is 3.70. The summed E-state index contributed by atoms with van der Waals surface area (Å²) in [5, 5.41) is 8.62. The second-order valence-corrected chi connectivity index (χ2v) is 4.73. The summed E-state index contributed by atoms with van der Waals surface area (Å²) in [6, 6.07) is 0.358. The van der Waals surface area contributed by atoms with E-state index in [0.29, 0.717) is 6.04 Å². The van der Waals surface area contributed by atoms with E-state index in [4.69, 9.17) is 16.3 Å². The quantitative estimate of drug-likeness (QED) is 0.790. The Morgan fingerprint density at radius 1 is 1.44 bits per heavy atom. The lowest BCUT2D eigenvalue weighted by Gasteiger charge is -2.15. The lowest BCUT2D eigenvalue weighted by Crippen LogP contribution is -2.30. The number of methoxy groups -OCH3 is 1. The Labute approximate surface area is 115 Å². The summed E-state index contributed by atoms with van der Waals surface area (Å²) in [6.07, 6.45) is 2.81. The number of nitrogens with zero attached hydrogens (tertiary/aromatic N) is 2. The summed E-state index contributed by atoms with van der Waals surface area (Å²) in [6.45, 7) is 5.76. The van der Waals surface area contributed by atoms with Crippen LogP contribution in [0.25, 0.3) is 0 Å². The Kier molecular flexibility index (Phi) is 6.68. The molecule has 0 aromatic carbocycles. The van der Waals surface area contributed by atoms with Crippen LogP contribution in [-0.2, 0) is 24.1 Å². The number of nitrogens with one attached hydrogen (secondary N) is 1. The van der Waals surface area contributed by atoms with Gasteiger partial charge in [0, 0.05) is 19.7 Å². The van der Waals surface area contributed by atoms with E-state index in [-0.39, 0.29) is 0 Å². The first kappa shape index (κ1) is 15.5. The third-order valence-electron chi connectivity index (χ3n) is 3.20. The smallest absolute Gasteiger partial charge is 0.0849 e. The van der Waals surface area contributed by atoms with Crippen molar-refractivity contribution in [1.29, 1.82) is 0 Å². The summed E-state index contributed by atoms with van der Waals surface area (Å²) in [5.74, 6) is 0. The summed E-state index contributed by atoms with van der Waals surface area (Å²) < 4.78 is 7.19. The molecule has 0 radical (unpaired) electrons. The number of aromatic nitrogens is 2. The van der Waals surface area contributed by atoms with E-state index < -0.39 is 0 Å². The number of hydrogen-bond acceptors (Lipinski definition) is 3. The third-order valence-corrected chi connectivity index (χ3v) is 3.64. The number of aryl methyl sites for hydroxylation is 2. The van der Waals surface area contributed by atoms with Crippen molar-refractivity contribution in [3.63, 3.8) is 0 Å². The minimum atomic E-state index is 0.358. The second-order valence-electron chi connectivity index (χ2n) is 4.36. The van der Waals surface area contributed by atoms with E-state index in [1.54, 1.807) is 7.11 Å². The van der Waals surface area contributed by atoms with Gasteiger partial charge in [0.2, 0.25) is 0 Å². The predicted molar refractivity (Wildman–Crippen MR) is 75.3 cm³/mol. The average Bonchev–Trinajstić information content (AvgIpc) is 2.70. The van der Waals surface area contributed by atoms with Crippen molar-refractivity contribution in [2.45, 2.75) is 45.7 Å². The zero-order valence-electron chi connectivity index (χ0n) is 11.8. The van der Waals surface area contributed by atoms with Crippen molar-refractivity contribution < 1.29 is 4.74 Å². The van der Waals surface area contributed by atoms with Gasteiger partial charge in [0.1, 0.15) is 0 Å². The molecule has 0 bridgehead atoms. The molecule has 1 aromatic rings. The monoisotopic (exact) mass is 273 g/mol. The fraction of sp³-hybridized carbons (Fsp3) is 0.769. The van der Waals surface area contributed by atoms with Crippen LogP contribution < -0.4 is 5.32 Å². The lowest BCUT2D eigenvalue weighted by molar-refractivity contribution is 0.166. The van der Waals surface area contributed by atoms with Crippen LogP contribution in [0.4, 0.5) is 0 Å². The number of hydrogen-bond donors (Lipinski definition) is 1. The zero-order chi connectivity index (χ0) is 13.5. The molecule has 1 aromatic heterocycles. The van der Waals surface area contributed by atoms with Gasteiger partial charge < -0.3 is 10.1 Å². The Bertz CT molecular complexity index is 365. The van der Waals surface area contributed by atoms with Crippen LogP contribution in [0.15, 0.2) is 0 Å². The molecule has 0 aliphatic heterocycles. The molecule has 0 spiro atoms. The van der Waals surface area contributed by atoms with Gasteiger partial charge >= 0.3 is 0 Å². The van der Waals surface area contributed by atoms with Crippen LogP contribution in [0.2, 0.25) is 5.02 Å². The van der Waals surface area contributed by atoms with Crippen LogP contribution in [0.5, 0.6) is 0 Å². The van der Waals surface area contributed by atoms with E-state index in [1.807, 2.05) is 11.7 Å². The molecule has 0 saturated carbocycles.